The highest BCUT2D eigenvalue weighted by molar-refractivity contribution is 5.95. The van der Waals surface area contributed by atoms with Gasteiger partial charge >= 0.3 is 0 Å². The average Bonchev–Trinajstić information content (AvgIpc) is 2.79. The van der Waals surface area contributed by atoms with Gasteiger partial charge in [0.15, 0.2) is 0 Å². The molecule has 0 radical (unpaired) electrons. The molecule has 4 saturated carbocycles. The van der Waals surface area contributed by atoms with E-state index in [1.54, 1.807) is 6.33 Å². The van der Waals surface area contributed by atoms with Gasteiger partial charge in [0.05, 0.1) is 11.1 Å². The Morgan fingerprint density at radius 1 is 1.09 bits per heavy atom. The molecule has 1 N–H and O–H groups in total. The van der Waals surface area contributed by atoms with E-state index in [9.17, 15) is 4.79 Å². The van der Waals surface area contributed by atoms with Gasteiger partial charge in [0.25, 0.3) is 0 Å². The number of rotatable bonds is 5. The Balaban J connectivity index is 1.15. The smallest absolute Gasteiger partial charge is 0.231 e. The summed E-state index contributed by atoms with van der Waals surface area (Å²) in [6.45, 7) is 5.12. The first-order valence-corrected chi connectivity index (χ1v) is 12.5. The third kappa shape index (κ3) is 3.64. The molecule has 5 heteroatoms. The van der Waals surface area contributed by atoms with Crippen LogP contribution in [0.15, 0.2) is 36.7 Å². The Labute approximate surface area is 191 Å². The summed E-state index contributed by atoms with van der Waals surface area (Å²) in [5.41, 5.74) is 3.46. The second kappa shape index (κ2) is 7.95. The molecule has 168 valence electrons. The first kappa shape index (κ1) is 20.3. The van der Waals surface area contributed by atoms with Crippen LogP contribution in [0.2, 0.25) is 0 Å². The standard InChI is InChI=1S/C27H34N4O/c1-18(22-5-3-2-4-6-22)15-31-8-7-23-24(16-31)28-17-29-25(23)30-26(32)27-12-19-9-20(13-27)11-21(10-19)14-27/h2-6,17-21H,7-16H2,1H3,(H,28,29,30,32). The molecule has 1 atom stereocenters. The second-order valence-electron chi connectivity index (χ2n) is 11.1. The Hall–Kier alpha value is -2.27. The molecular formula is C27H34N4O. The van der Waals surface area contributed by atoms with Crippen molar-refractivity contribution in [3.63, 3.8) is 0 Å². The molecule has 7 rings (SSSR count). The van der Waals surface area contributed by atoms with Crippen LogP contribution in [0.25, 0.3) is 0 Å². The summed E-state index contributed by atoms with van der Waals surface area (Å²) in [4.78, 5) is 25.2. The van der Waals surface area contributed by atoms with Gasteiger partial charge < -0.3 is 5.32 Å². The molecule has 0 spiro atoms. The summed E-state index contributed by atoms with van der Waals surface area (Å²) in [5.74, 6) is 3.79. The van der Waals surface area contributed by atoms with Crippen molar-refractivity contribution in [3.05, 3.63) is 53.5 Å². The second-order valence-corrected chi connectivity index (χ2v) is 11.1. The summed E-state index contributed by atoms with van der Waals surface area (Å²) in [7, 11) is 0. The van der Waals surface area contributed by atoms with Crippen molar-refractivity contribution in [1.29, 1.82) is 0 Å². The van der Waals surface area contributed by atoms with E-state index in [0.29, 0.717) is 5.92 Å². The SMILES string of the molecule is CC(CN1CCc2c(ncnc2NC(=O)C23CC4CC(CC(C4)C2)C3)C1)c1ccccc1. The molecule has 32 heavy (non-hydrogen) atoms. The molecule has 0 saturated heterocycles. The van der Waals surface area contributed by atoms with Crippen LogP contribution in [0.4, 0.5) is 5.82 Å². The predicted molar refractivity (Wildman–Crippen MR) is 125 cm³/mol. The maximum Gasteiger partial charge on any atom is 0.231 e. The van der Waals surface area contributed by atoms with Gasteiger partial charge in [0.1, 0.15) is 12.1 Å². The molecular weight excluding hydrogens is 396 g/mol. The van der Waals surface area contributed by atoms with Crippen LogP contribution in [0.3, 0.4) is 0 Å². The minimum Gasteiger partial charge on any atom is -0.310 e. The van der Waals surface area contributed by atoms with Crippen molar-refractivity contribution in [3.8, 4) is 0 Å². The zero-order valence-electron chi connectivity index (χ0n) is 19.1. The van der Waals surface area contributed by atoms with Crippen molar-refractivity contribution < 1.29 is 4.79 Å². The predicted octanol–water partition coefficient (Wildman–Crippen LogP) is 4.79. The lowest BCUT2D eigenvalue weighted by Crippen LogP contribution is -2.52. The van der Waals surface area contributed by atoms with E-state index in [1.165, 1.54) is 24.8 Å². The van der Waals surface area contributed by atoms with Crippen molar-refractivity contribution >= 4 is 11.7 Å². The highest BCUT2D eigenvalue weighted by atomic mass is 16.2. The molecule has 4 aliphatic carbocycles. The van der Waals surface area contributed by atoms with E-state index < -0.39 is 0 Å². The first-order valence-electron chi connectivity index (χ1n) is 12.5. The van der Waals surface area contributed by atoms with Crippen LogP contribution in [-0.4, -0.2) is 33.9 Å². The third-order valence-electron chi connectivity index (χ3n) is 8.74. The molecule has 5 aliphatic rings. The first-order chi connectivity index (χ1) is 15.6. The van der Waals surface area contributed by atoms with E-state index in [4.69, 9.17) is 0 Å². The van der Waals surface area contributed by atoms with E-state index in [0.717, 1.165) is 80.1 Å². The normalized spacial score (nSPS) is 31.8. The summed E-state index contributed by atoms with van der Waals surface area (Å²) in [6, 6.07) is 10.7. The van der Waals surface area contributed by atoms with Gasteiger partial charge in [-0.15, -0.1) is 0 Å². The number of fused-ring (bicyclic) bond motifs is 1. The van der Waals surface area contributed by atoms with E-state index in [2.05, 4.69) is 57.4 Å². The van der Waals surface area contributed by atoms with E-state index in [-0.39, 0.29) is 11.3 Å². The van der Waals surface area contributed by atoms with Crippen molar-refractivity contribution in [2.24, 2.45) is 23.2 Å². The molecule has 1 unspecified atom stereocenters. The average molecular weight is 431 g/mol. The van der Waals surface area contributed by atoms with Gasteiger partial charge in [0, 0.05) is 25.2 Å². The number of nitrogens with zero attached hydrogens (tertiary/aromatic N) is 3. The molecule has 5 nitrogen and oxygen atoms in total. The Kier molecular flexibility index (Phi) is 5.05. The number of aromatic nitrogens is 2. The van der Waals surface area contributed by atoms with Crippen LogP contribution in [0, 0.1) is 23.2 Å². The van der Waals surface area contributed by atoms with Crippen LogP contribution >= 0.6 is 0 Å². The quantitative estimate of drug-likeness (QED) is 0.741. The molecule has 2 aromatic rings. The number of carbonyl (C=O) groups is 1. The van der Waals surface area contributed by atoms with Gasteiger partial charge in [-0.3, -0.25) is 9.69 Å². The van der Waals surface area contributed by atoms with E-state index in [1.807, 2.05) is 0 Å². The monoisotopic (exact) mass is 430 g/mol. The fraction of sp³-hybridized carbons (Fsp3) is 0.593. The Morgan fingerprint density at radius 2 is 1.78 bits per heavy atom. The molecule has 4 fully saturated rings. The number of amides is 1. The minimum atomic E-state index is -0.140. The zero-order valence-corrected chi connectivity index (χ0v) is 19.1. The highest BCUT2D eigenvalue weighted by Gasteiger charge is 2.54. The fourth-order valence-electron chi connectivity index (χ4n) is 7.58. The van der Waals surface area contributed by atoms with Crippen LogP contribution in [0.1, 0.15) is 68.2 Å². The maximum absolute atomic E-state index is 13.5. The summed E-state index contributed by atoms with van der Waals surface area (Å²) in [5, 5.41) is 3.30. The minimum absolute atomic E-state index is 0.140. The number of nitrogens with one attached hydrogen (secondary N) is 1. The number of benzene rings is 1. The van der Waals surface area contributed by atoms with E-state index >= 15 is 0 Å². The lowest BCUT2D eigenvalue weighted by atomic mass is 9.49. The van der Waals surface area contributed by atoms with Gasteiger partial charge in [-0.2, -0.15) is 0 Å². The fourth-order valence-corrected chi connectivity index (χ4v) is 7.58. The molecule has 1 aromatic heterocycles. The van der Waals surface area contributed by atoms with Crippen molar-refractivity contribution in [1.82, 2.24) is 14.9 Å². The van der Waals surface area contributed by atoms with Gasteiger partial charge in [-0.1, -0.05) is 37.3 Å². The van der Waals surface area contributed by atoms with Gasteiger partial charge in [0.2, 0.25) is 5.91 Å². The molecule has 4 bridgehead atoms. The van der Waals surface area contributed by atoms with Crippen molar-refractivity contribution in [2.75, 3.05) is 18.4 Å². The number of hydrogen-bond donors (Lipinski definition) is 1. The lowest BCUT2D eigenvalue weighted by molar-refractivity contribution is -0.140. The summed E-state index contributed by atoms with van der Waals surface area (Å²) < 4.78 is 0. The Morgan fingerprint density at radius 3 is 2.47 bits per heavy atom. The molecule has 1 amide bonds. The van der Waals surface area contributed by atoms with Gasteiger partial charge in [-0.05, 0) is 74.2 Å². The number of carbonyl (C=O) groups excluding carboxylic acids is 1. The number of hydrogen-bond acceptors (Lipinski definition) is 4. The molecule has 2 heterocycles. The highest BCUT2D eigenvalue weighted by Crippen LogP contribution is 2.60. The number of anilines is 1. The van der Waals surface area contributed by atoms with Gasteiger partial charge in [-0.25, -0.2) is 9.97 Å². The maximum atomic E-state index is 13.5. The van der Waals surface area contributed by atoms with Crippen LogP contribution in [0.5, 0.6) is 0 Å². The topological polar surface area (TPSA) is 58.1 Å². The summed E-state index contributed by atoms with van der Waals surface area (Å²) in [6.07, 6.45) is 9.86. The van der Waals surface area contributed by atoms with Crippen LogP contribution < -0.4 is 5.32 Å². The van der Waals surface area contributed by atoms with Crippen molar-refractivity contribution in [2.45, 2.75) is 64.3 Å². The lowest BCUT2D eigenvalue weighted by Gasteiger charge is -2.55. The zero-order chi connectivity index (χ0) is 21.7. The Bertz CT molecular complexity index is 969. The van der Waals surface area contributed by atoms with Crippen LogP contribution in [-0.2, 0) is 17.8 Å². The molecule has 1 aromatic carbocycles. The largest absolute Gasteiger partial charge is 0.310 e. The third-order valence-corrected chi connectivity index (χ3v) is 8.74. The molecule has 1 aliphatic heterocycles. The summed E-state index contributed by atoms with van der Waals surface area (Å²) >= 11 is 0.